The van der Waals surface area contributed by atoms with Crippen LogP contribution in [0.25, 0.3) is 10.9 Å². The number of aryl methyl sites for hydroxylation is 2. The maximum absolute atomic E-state index is 13.6. The molecule has 0 unspecified atom stereocenters. The van der Waals surface area contributed by atoms with Gasteiger partial charge in [-0.2, -0.15) is 0 Å². The number of nitrogens with zero attached hydrogens (tertiary/aromatic N) is 2. The third kappa shape index (κ3) is 6.56. The number of carbonyl (C=O) groups is 1. The predicted octanol–water partition coefficient (Wildman–Crippen LogP) is 7.08. The second kappa shape index (κ2) is 12.4. The average Bonchev–Trinajstić information content (AvgIpc) is 2.94. The number of thioether (sulfide) groups is 1. The zero-order valence-corrected chi connectivity index (χ0v) is 24.0. The minimum atomic E-state index is -0.00598. The lowest BCUT2D eigenvalue weighted by Crippen LogP contribution is -2.34. The van der Waals surface area contributed by atoms with E-state index in [1.807, 2.05) is 53.1 Å². The molecule has 0 aliphatic heterocycles. The van der Waals surface area contributed by atoms with Crippen molar-refractivity contribution in [3.8, 4) is 0 Å². The Hall–Kier alpha value is -3.09. The zero-order valence-electron chi connectivity index (χ0n) is 22.5. The van der Waals surface area contributed by atoms with E-state index in [4.69, 9.17) is 16.6 Å². The number of nitrogens with one attached hydrogen (secondary N) is 1. The number of rotatable bonds is 8. The Morgan fingerprint density at radius 3 is 2.51 bits per heavy atom. The standard InChI is InChI=1S/C32H34ClN3O2S/c1-21-11-14-26(22(2)17-21)20-39-32-35-29-10-6-4-8-27(29)31(38)36(32)19-23-12-15-24(16-13-23)30(37)34-18-25-7-3-5-9-28(25)33/h3-11,14,17,23-24H,12-13,15-16,18-20H2,1-2H3,(H,34,37). The molecule has 0 atom stereocenters. The van der Waals surface area contributed by atoms with Gasteiger partial charge in [0.25, 0.3) is 5.56 Å². The third-order valence-electron chi connectivity index (χ3n) is 7.75. The lowest BCUT2D eigenvalue weighted by atomic mass is 9.81. The maximum atomic E-state index is 13.6. The van der Waals surface area contributed by atoms with Crippen LogP contribution >= 0.6 is 23.4 Å². The smallest absolute Gasteiger partial charge is 0.262 e. The predicted molar refractivity (Wildman–Crippen MR) is 160 cm³/mol. The summed E-state index contributed by atoms with van der Waals surface area (Å²) < 4.78 is 1.87. The van der Waals surface area contributed by atoms with Crippen LogP contribution in [-0.2, 0) is 23.6 Å². The Balaban J connectivity index is 1.27. The van der Waals surface area contributed by atoms with Gasteiger partial charge < -0.3 is 5.32 Å². The van der Waals surface area contributed by atoms with Crippen LogP contribution in [-0.4, -0.2) is 15.5 Å². The first-order chi connectivity index (χ1) is 18.9. The highest BCUT2D eigenvalue weighted by Gasteiger charge is 2.27. The molecule has 39 heavy (non-hydrogen) atoms. The number of carbonyl (C=O) groups excluding carboxylic acids is 1. The first-order valence-electron chi connectivity index (χ1n) is 13.6. The Labute approximate surface area is 239 Å². The summed E-state index contributed by atoms with van der Waals surface area (Å²) >= 11 is 7.86. The van der Waals surface area contributed by atoms with Gasteiger partial charge in [0.15, 0.2) is 5.16 Å². The highest BCUT2D eigenvalue weighted by molar-refractivity contribution is 7.98. The number of fused-ring (bicyclic) bond motifs is 1. The van der Waals surface area contributed by atoms with Crippen LogP contribution in [0.2, 0.25) is 5.02 Å². The second-order valence-corrected chi connectivity index (χ2v) is 11.9. The summed E-state index contributed by atoms with van der Waals surface area (Å²) in [6, 6.07) is 21.7. The van der Waals surface area contributed by atoms with E-state index >= 15 is 0 Å². The quantitative estimate of drug-likeness (QED) is 0.185. The maximum Gasteiger partial charge on any atom is 0.262 e. The monoisotopic (exact) mass is 559 g/mol. The SMILES string of the molecule is Cc1ccc(CSc2nc3ccccc3c(=O)n2CC2CCC(C(=O)NCc3ccccc3Cl)CC2)c(C)c1. The number of aromatic nitrogens is 2. The molecule has 7 heteroatoms. The van der Waals surface area contributed by atoms with Crippen LogP contribution in [0.1, 0.15) is 47.9 Å². The summed E-state index contributed by atoms with van der Waals surface area (Å²) in [5, 5.41) is 5.15. The average molecular weight is 560 g/mol. The van der Waals surface area contributed by atoms with Crippen molar-refractivity contribution >= 4 is 40.2 Å². The highest BCUT2D eigenvalue weighted by atomic mass is 35.5. The van der Waals surface area contributed by atoms with Crippen molar-refractivity contribution < 1.29 is 4.79 Å². The van der Waals surface area contributed by atoms with Crippen molar-refractivity contribution in [2.75, 3.05) is 0 Å². The molecule has 0 radical (unpaired) electrons. The fourth-order valence-corrected chi connectivity index (χ4v) is 6.69. The molecular formula is C32H34ClN3O2S. The molecule has 5 rings (SSSR count). The van der Waals surface area contributed by atoms with Gasteiger partial charge in [-0.3, -0.25) is 14.2 Å². The molecule has 1 heterocycles. The van der Waals surface area contributed by atoms with Crippen molar-refractivity contribution in [3.63, 3.8) is 0 Å². The lowest BCUT2D eigenvalue weighted by molar-refractivity contribution is -0.126. The van der Waals surface area contributed by atoms with E-state index < -0.39 is 0 Å². The first kappa shape index (κ1) is 27.5. The van der Waals surface area contributed by atoms with Gasteiger partial charge >= 0.3 is 0 Å². The molecule has 1 saturated carbocycles. The Bertz CT molecular complexity index is 1540. The normalized spacial score (nSPS) is 17.3. The van der Waals surface area contributed by atoms with E-state index in [0.29, 0.717) is 29.4 Å². The van der Waals surface area contributed by atoms with E-state index in [-0.39, 0.29) is 17.4 Å². The molecule has 1 fully saturated rings. The van der Waals surface area contributed by atoms with Crippen molar-refractivity contribution in [3.05, 3.63) is 104 Å². The van der Waals surface area contributed by atoms with E-state index in [9.17, 15) is 9.59 Å². The van der Waals surface area contributed by atoms with Gasteiger partial charge in [0, 0.05) is 29.8 Å². The van der Waals surface area contributed by atoms with E-state index in [2.05, 4.69) is 37.4 Å². The summed E-state index contributed by atoms with van der Waals surface area (Å²) in [6.45, 7) is 5.30. The van der Waals surface area contributed by atoms with E-state index in [0.717, 1.165) is 47.7 Å². The summed E-state index contributed by atoms with van der Waals surface area (Å²) in [6.07, 6.45) is 3.45. The van der Waals surface area contributed by atoms with Crippen molar-refractivity contribution in [1.82, 2.24) is 14.9 Å². The Morgan fingerprint density at radius 2 is 1.74 bits per heavy atom. The molecule has 5 nitrogen and oxygen atoms in total. The van der Waals surface area contributed by atoms with Crippen LogP contribution in [0.5, 0.6) is 0 Å². The molecule has 1 aliphatic carbocycles. The number of amides is 1. The van der Waals surface area contributed by atoms with Gasteiger partial charge in [-0.15, -0.1) is 0 Å². The number of hydrogen-bond donors (Lipinski definition) is 1. The minimum Gasteiger partial charge on any atom is -0.352 e. The number of benzene rings is 3. The molecule has 1 aliphatic rings. The zero-order chi connectivity index (χ0) is 27.4. The molecule has 1 aromatic heterocycles. The molecule has 0 spiro atoms. The molecule has 4 aromatic rings. The summed E-state index contributed by atoms with van der Waals surface area (Å²) in [5.74, 6) is 1.17. The Kier molecular flexibility index (Phi) is 8.73. The third-order valence-corrected chi connectivity index (χ3v) is 9.14. The highest BCUT2D eigenvalue weighted by Crippen LogP contribution is 2.32. The lowest BCUT2D eigenvalue weighted by Gasteiger charge is -2.28. The van der Waals surface area contributed by atoms with E-state index in [1.165, 1.54) is 16.7 Å². The van der Waals surface area contributed by atoms with Crippen LogP contribution in [0, 0.1) is 25.7 Å². The number of hydrogen-bond acceptors (Lipinski definition) is 4. The van der Waals surface area contributed by atoms with Gasteiger partial charge in [-0.25, -0.2) is 4.98 Å². The largest absolute Gasteiger partial charge is 0.352 e. The molecule has 1 N–H and O–H groups in total. The Morgan fingerprint density at radius 1 is 1.00 bits per heavy atom. The van der Waals surface area contributed by atoms with Crippen LogP contribution in [0.3, 0.4) is 0 Å². The molecule has 1 amide bonds. The topological polar surface area (TPSA) is 64.0 Å². The first-order valence-corrected chi connectivity index (χ1v) is 14.9. The van der Waals surface area contributed by atoms with E-state index in [1.54, 1.807) is 11.8 Å². The molecular weight excluding hydrogens is 526 g/mol. The number of para-hydroxylation sites is 1. The molecule has 3 aromatic carbocycles. The van der Waals surface area contributed by atoms with Crippen LogP contribution < -0.4 is 10.9 Å². The van der Waals surface area contributed by atoms with Crippen molar-refractivity contribution in [1.29, 1.82) is 0 Å². The van der Waals surface area contributed by atoms with Crippen molar-refractivity contribution in [2.45, 2.75) is 63.5 Å². The fourth-order valence-electron chi connectivity index (χ4n) is 5.40. The molecule has 0 bridgehead atoms. The summed E-state index contributed by atoms with van der Waals surface area (Å²) in [7, 11) is 0. The summed E-state index contributed by atoms with van der Waals surface area (Å²) in [4.78, 5) is 31.4. The van der Waals surface area contributed by atoms with Gasteiger partial charge in [0.2, 0.25) is 5.91 Å². The van der Waals surface area contributed by atoms with Gasteiger partial charge in [0.1, 0.15) is 0 Å². The number of halogens is 1. The molecule has 0 saturated heterocycles. The van der Waals surface area contributed by atoms with Gasteiger partial charge in [-0.1, -0.05) is 77.5 Å². The second-order valence-electron chi connectivity index (χ2n) is 10.6. The van der Waals surface area contributed by atoms with Crippen LogP contribution in [0.4, 0.5) is 0 Å². The summed E-state index contributed by atoms with van der Waals surface area (Å²) in [5.41, 5.74) is 5.43. The minimum absolute atomic E-state index is 0.00598. The van der Waals surface area contributed by atoms with Gasteiger partial charge in [0.05, 0.1) is 10.9 Å². The fraction of sp³-hybridized carbons (Fsp3) is 0.344. The van der Waals surface area contributed by atoms with Gasteiger partial charge in [-0.05, 0) is 80.3 Å². The molecule has 202 valence electrons. The van der Waals surface area contributed by atoms with Crippen LogP contribution in [0.15, 0.2) is 76.7 Å². The van der Waals surface area contributed by atoms with Crippen molar-refractivity contribution in [2.24, 2.45) is 11.8 Å².